The van der Waals surface area contributed by atoms with Gasteiger partial charge in [0.05, 0.1) is 16.9 Å². The van der Waals surface area contributed by atoms with E-state index >= 15 is 0 Å². The van der Waals surface area contributed by atoms with E-state index in [1.54, 1.807) is 54.9 Å². The topological polar surface area (TPSA) is 98.1 Å². The Morgan fingerprint density at radius 3 is 2.23 bits per heavy atom. The number of nitrogens with zero attached hydrogens (tertiary/aromatic N) is 3. The van der Waals surface area contributed by atoms with Gasteiger partial charge in [0.15, 0.2) is 0 Å². The lowest BCUT2D eigenvalue weighted by molar-refractivity contribution is 0.256. The Labute approximate surface area is 155 Å². The fourth-order valence-electron chi connectivity index (χ4n) is 2.29. The van der Waals surface area contributed by atoms with Gasteiger partial charge in [-0.15, -0.1) is 0 Å². The lowest BCUT2D eigenvalue weighted by Gasteiger charge is -2.21. The second-order valence-electron chi connectivity index (χ2n) is 5.28. The van der Waals surface area contributed by atoms with Crippen LogP contribution in [0.2, 0.25) is 5.02 Å². The number of rotatable bonds is 2. The van der Waals surface area contributed by atoms with Gasteiger partial charge < -0.3 is 11.5 Å². The highest BCUT2D eigenvalue weighted by Crippen LogP contribution is 2.27. The minimum absolute atomic E-state index is 0.191. The SMILES string of the molecule is NC(=O)N(c1cccc(Cl)c1)c1cccc(C#Cc2cnc(N)nc2)c1. The van der Waals surface area contributed by atoms with Crippen molar-refractivity contribution in [3.05, 3.63) is 77.1 Å². The Balaban J connectivity index is 1.95. The average Bonchev–Trinajstić information content (AvgIpc) is 2.62. The molecule has 0 unspecified atom stereocenters. The van der Waals surface area contributed by atoms with Gasteiger partial charge in [0.1, 0.15) is 0 Å². The first-order valence-electron chi connectivity index (χ1n) is 7.57. The molecule has 26 heavy (non-hydrogen) atoms. The molecule has 0 saturated heterocycles. The zero-order chi connectivity index (χ0) is 18.5. The summed E-state index contributed by atoms with van der Waals surface area (Å²) < 4.78 is 0. The summed E-state index contributed by atoms with van der Waals surface area (Å²) in [5.74, 6) is 6.14. The van der Waals surface area contributed by atoms with Crippen LogP contribution in [-0.2, 0) is 0 Å². The molecule has 7 heteroatoms. The van der Waals surface area contributed by atoms with Crippen molar-refractivity contribution in [1.82, 2.24) is 9.97 Å². The van der Waals surface area contributed by atoms with Gasteiger partial charge in [0, 0.05) is 23.0 Å². The van der Waals surface area contributed by atoms with Gasteiger partial charge in [0.2, 0.25) is 5.95 Å². The van der Waals surface area contributed by atoms with E-state index in [2.05, 4.69) is 21.8 Å². The number of nitrogen functional groups attached to an aromatic ring is 1. The maximum atomic E-state index is 12.0. The lowest BCUT2D eigenvalue weighted by Crippen LogP contribution is -2.31. The molecule has 3 rings (SSSR count). The Bertz CT molecular complexity index is 1010. The fourth-order valence-corrected chi connectivity index (χ4v) is 2.47. The van der Waals surface area contributed by atoms with Crippen molar-refractivity contribution < 1.29 is 4.79 Å². The van der Waals surface area contributed by atoms with Crippen molar-refractivity contribution in [3.8, 4) is 11.8 Å². The molecule has 1 heterocycles. The zero-order valence-corrected chi connectivity index (χ0v) is 14.3. The number of carbonyl (C=O) groups is 1. The van der Waals surface area contributed by atoms with Crippen LogP contribution in [0.1, 0.15) is 11.1 Å². The Kier molecular flexibility index (Phi) is 5.02. The molecule has 1 aromatic heterocycles. The van der Waals surface area contributed by atoms with Crippen LogP contribution < -0.4 is 16.4 Å². The van der Waals surface area contributed by atoms with E-state index in [-0.39, 0.29) is 5.95 Å². The third kappa shape index (κ3) is 4.09. The maximum absolute atomic E-state index is 12.0. The van der Waals surface area contributed by atoms with Crippen molar-refractivity contribution in [3.63, 3.8) is 0 Å². The summed E-state index contributed by atoms with van der Waals surface area (Å²) in [4.78, 5) is 21.1. The molecule has 2 aromatic carbocycles. The van der Waals surface area contributed by atoms with Crippen LogP contribution in [0.15, 0.2) is 60.9 Å². The van der Waals surface area contributed by atoms with Gasteiger partial charge in [-0.2, -0.15) is 0 Å². The normalized spacial score (nSPS) is 9.88. The molecule has 0 atom stereocenters. The molecule has 0 spiro atoms. The van der Waals surface area contributed by atoms with Gasteiger partial charge in [-0.1, -0.05) is 35.6 Å². The van der Waals surface area contributed by atoms with E-state index in [4.69, 9.17) is 23.1 Å². The molecule has 0 radical (unpaired) electrons. The molecule has 0 aliphatic rings. The molecule has 6 nitrogen and oxygen atoms in total. The number of benzene rings is 2. The summed E-state index contributed by atoms with van der Waals surface area (Å²) in [7, 11) is 0. The Morgan fingerprint density at radius 1 is 0.962 bits per heavy atom. The second-order valence-corrected chi connectivity index (χ2v) is 5.72. The molecule has 2 amide bonds. The minimum atomic E-state index is -0.621. The first-order chi connectivity index (χ1) is 12.5. The summed E-state index contributed by atoms with van der Waals surface area (Å²) >= 11 is 6.02. The molecule has 0 bridgehead atoms. The first kappa shape index (κ1) is 17.3. The van der Waals surface area contributed by atoms with Crippen molar-refractivity contribution in [2.75, 3.05) is 10.6 Å². The molecule has 128 valence electrons. The van der Waals surface area contributed by atoms with E-state index < -0.39 is 6.03 Å². The van der Waals surface area contributed by atoms with Gasteiger partial charge in [-0.05, 0) is 36.4 Å². The summed E-state index contributed by atoms with van der Waals surface area (Å²) in [6.45, 7) is 0. The van der Waals surface area contributed by atoms with Crippen molar-refractivity contribution in [2.45, 2.75) is 0 Å². The van der Waals surface area contributed by atoms with Crippen LogP contribution in [0.3, 0.4) is 0 Å². The van der Waals surface area contributed by atoms with Crippen LogP contribution in [0.5, 0.6) is 0 Å². The number of halogens is 1. The van der Waals surface area contributed by atoms with Crippen LogP contribution in [0.25, 0.3) is 0 Å². The molecular formula is C19H14ClN5O. The van der Waals surface area contributed by atoms with Crippen molar-refractivity contribution >= 4 is 35.0 Å². The number of nitrogens with two attached hydrogens (primary N) is 2. The number of hydrogen-bond donors (Lipinski definition) is 2. The van der Waals surface area contributed by atoms with E-state index in [0.717, 1.165) is 0 Å². The average molecular weight is 364 g/mol. The van der Waals surface area contributed by atoms with Crippen LogP contribution >= 0.6 is 11.6 Å². The Morgan fingerprint density at radius 2 is 1.58 bits per heavy atom. The van der Waals surface area contributed by atoms with Crippen LogP contribution in [-0.4, -0.2) is 16.0 Å². The van der Waals surface area contributed by atoms with E-state index in [0.29, 0.717) is 27.5 Å². The van der Waals surface area contributed by atoms with Gasteiger partial charge in [-0.25, -0.2) is 14.8 Å². The molecule has 4 N–H and O–H groups in total. The standard InChI is InChI=1S/C19H14ClN5O/c20-15-4-2-6-17(10-15)25(19(22)26)16-5-1-3-13(9-16)7-8-14-11-23-18(21)24-12-14/h1-6,9-12H,(H2,22,26)(H2,21,23,24). The molecule has 0 aliphatic heterocycles. The molecule has 0 fully saturated rings. The summed E-state index contributed by atoms with van der Waals surface area (Å²) in [5.41, 5.74) is 13.5. The molecule has 0 saturated carbocycles. The van der Waals surface area contributed by atoms with Crippen molar-refractivity contribution in [1.29, 1.82) is 0 Å². The number of hydrogen-bond acceptors (Lipinski definition) is 4. The third-order valence-electron chi connectivity index (χ3n) is 3.41. The monoisotopic (exact) mass is 363 g/mol. The lowest BCUT2D eigenvalue weighted by atomic mass is 10.1. The van der Waals surface area contributed by atoms with Crippen LogP contribution in [0, 0.1) is 11.8 Å². The highest BCUT2D eigenvalue weighted by molar-refractivity contribution is 6.31. The van der Waals surface area contributed by atoms with E-state index in [9.17, 15) is 4.79 Å². The molecule has 3 aromatic rings. The summed E-state index contributed by atoms with van der Waals surface area (Å²) in [6, 6.07) is 13.4. The Hall–Kier alpha value is -3.56. The zero-order valence-electron chi connectivity index (χ0n) is 13.6. The molecule has 0 aliphatic carbocycles. The summed E-state index contributed by atoms with van der Waals surface area (Å²) in [5, 5.41) is 0.507. The predicted octanol–water partition coefficient (Wildman–Crippen LogP) is 3.33. The highest BCUT2D eigenvalue weighted by atomic mass is 35.5. The first-order valence-corrected chi connectivity index (χ1v) is 7.95. The number of amides is 2. The smallest absolute Gasteiger partial charge is 0.323 e. The summed E-state index contributed by atoms with van der Waals surface area (Å²) in [6.07, 6.45) is 3.09. The largest absolute Gasteiger partial charge is 0.368 e. The maximum Gasteiger partial charge on any atom is 0.323 e. The second kappa shape index (κ2) is 7.55. The van der Waals surface area contributed by atoms with Crippen LogP contribution in [0.4, 0.5) is 22.1 Å². The van der Waals surface area contributed by atoms with E-state index in [1.807, 2.05) is 6.07 Å². The number of primary amides is 1. The van der Waals surface area contributed by atoms with Gasteiger partial charge >= 0.3 is 6.03 Å². The number of carbonyl (C=O) groups excluding carboxylic acids is 1. The predicted molar refractivity (Wildman–Crippen MR) is 102 cm³/mol. The number of anilines is 3. The third-order valence-corrected chi connectivity index (χ3v) is 3.65. The van der Waals surface area contributed by atoms with Gasteiger partial charge in [-0.3, -0.25) is 4.90 Å². The number of aromatic nitrogens is 2. The van der Waals surface area contributed by atoms with E-state index in [1.165, 1.54) is 4.90 Å². The minimum Gasteiger partial charge on any atom is -0.368 e. The number of urea groups is 1. The van der Waals surface area contributed by atoms with Gasteiger partial charge in [0.25, 0.3) is 0 Å². The quantitative estimate of drug-likeness (QED) is 0.682. The fraction of sp³-hybridized carbons (Fsp3) is 0. The van der Waals surface area contributed by atoms with Crippen molar-refractivity contribution in [2.24, 2.45) is 5.73 Å². The molecular weight excluding hydrogens is 350 g/mol. The highest BCUT2D eigenvalue weighted by Gasteiger charge is 2.15.